The number of hydrogen-bond acceptors (Lipinski definition) is 3. The molecule has 2 fully saturated rings. The normalized spacial score (nSPS) is 51.5. The zero-order valence-electron chi connectivity index (χ0n) is 7.40. The average Bonchev–Trinajstić information content (AvgIpc) is 2.60. The zero-order chi connectivity index (χ0) is 9.42. The lowest BCUT2D eigenvalue weighted by atomic mass is 10.0. The van der Waals surface area contributed by atoms with Gasteiger partial charge in [-0.05, 0) is 25.7 Å². The number of aliphatic hydroxyl groups is 2. The lowest BCUT2D eigenvalue weighted by Crippen LogP contribution is -2.40. The van der Waals surface area contributed by atoms with Crippen molar-refractivity contribution in [3.63, 3.8) is 0 Å². The Morgan fingerprint density at radius 2 is 1.69 bits per heavy atom. The summed E-state index contributed by atoms with van der Waals surface area (Å²) in [7, 11) is 0. The van der Waals surface area contributed by atoms with Gasteiger partial charge in [-0.3, -0.25) is 0 Å². The third kappa shape index (κ3) is 1.84. The molecule has 2 N–H and O–H groups in total. The molecule has 4 heteroatoms. The summed E-state index contributed by atoms with van der Waals surface area (Å²) in [5.74, 6) is 0. The lowest BCUT2D eigenvalue weighted by Gasteiger charge is -2.28. The molecule has 0 saturated carbocycles. The summed E-state index contributed by atoms with van der Waals surface area (Å²) in [5, 5.41) is 19.2. The minimum atomic E-state index is -0.728. The zero-order valence-corrected chi connectivity index (χ0v) is 8.15. The first-order valence-electron chi connectivity index (χ1n) is 4.84. The number of rotatable bonds is 0. The highest BCUT2D eigenvalue weighted by Gasteiger charge is 2.39. The van der Waals surface area contributed by atoms with Crippen molar-refractivity contribution in [1.29, 1.82) is 0 Å². The third-order valence-corrected chi connectivity index (χ3v) is 3.50. The van der Waals surface area contributed by atoms with Crippen LogP contribution in [0.5, 0.6) is 0 Å². The van der Waals surface area contributed by atoms with Crippen LogP contribution in [0.2, 0.25) is 0 Å². The molecule has 2 aliphatic heterocycles. The maximum Gasteiger partial charge on any atom is 0.106 e. The summed E-state index contributed by atoms with van der Waals surface area (Å²) in [4.78, 5) is 0. The molecule has 0 aliphatic carbocycles. The van der Waals surface area contributed by atoms with Crippen LogP contribution in [0.1, 0.15) is 25.7 Å². The molecule has 0 aromatic heterocycles. The Morgan fingerprint density at radius 3 is 2.46 bits per heavy atom. The molecule has 0 spiro atoms. The number of aliphatic hydroxyl groups excluding tert-OH is 2. The fourth-order valence-corrected chi connectivity index (χ4v) is 2.45. The van der Waals surface area contributed by atoms with Crippen LogP contribution in [0, 0.1) is 0 Å². The summed E-state index contributed by atoms with van der Waals surface area (Å²) >= 11 is 6.08. The van der Waals surface area contributed by atoms with Gasteiger partial charge in [0.05, 0.1) is 23.7 Å². The molecule has 76 valence electrons. The maximum absolute atomic E-state index is 9.64. The summed E-state index contributed by atoms with van der Waals surface area (Å²) in [6, 6.07) is 0. The number of alkyl halides is 1. The van der Waals surface area contributed by atoms with Gasteiger partial charge in [-0.15, -0.1) is 11.6 Å². The molecule has 0 unspecified atom stereocenters. The van der Waals surface area contributed by atoms with Crippen molar-refractivity contribution in [2.75, 3.05) is 0 Å². The molecule has 0 aromatic rings. The van der Waals surface area contributed by atoms with E-state index >= 15 is 0 Å². The topological polar surface area (TPSA) is 49.7 Å². The van der Waals surface area contributed by atoms with Crippen molar-refractivity contribution < 1.29 is 14.9 Å². The van der Waals surface area contributed by atoms with E-state index in [2.05, 4.69) is 0 Å². The molecule has 0 aromatic carbocycles. The van der Waals surface area contributed by atoms with Gasteiger partial charge in [0.1, 0.15) is 6.10 Å². The molecule has 3 nitrogen and oxygen atoms in total. The Labute approximate surface area is 82.7 Å². The van der Waals surface area contributed by atoms with Crippen molar-refractivity contribution in [2.24, 2.45) is 0 Å². The van der Waals surface area contributed by atoms with E-state index in [-0.39, 0.29) is 17.6 Å². The molecule has 0 radical (unpaired) electrons. The highest BCUT2D eigenvalue weighted by molar-refractivity contribution is 6.21. The van der Waals surface area contributed by atoms with Crippen LogP contribution in [0.15, 0.2) is 0 Å². The summed E-state index contributed by atoms with van der Waals surface area (Å²) in [6.45, 7) is 0. The van der Waals surface area contributed by atoms with E-state index in [0.717, 1.165) is 19.3 Å². The Kier molecular flexibility index (Phi) is 2.79. The van der Waals surface area contributed by atoms with Gasteiger partial charge in [0.25, 0.3) is 0 Å². The fraction of sp³-hybridized carbons (Fsp3) is 1.00. The van der Waals surface area contributed by atoms with Gasteiger partial charge in [-0.1, -0.05) is 0 Å². The first-order valence-corrected chi connectivity index (χ1v) is 5.28. The predicted octanol–water partition coefficient (Wildman–Crippen LogP) is 0.657. The van der Waals surface area contributed by atoms with Crippen LogP contribution in [-0.2, 0) is 4.74 Å². The van der Waals surface area contributed by atoms with Crippen molar-refractivity contribution >= 4 is 11.6 Å². The summed E-state index contributed by atoms with van der Waals surface area (Å²) < 4.78 is 5.56. The van der Waals surface area contributed by atoms with E-state index in [1.54, 1.807) is 0 Å². The number of fused-ring (bicyclic) bond motifs is 2. The standard InChI is InChI=1S/C9H15ClO3/c10-5-1-2-6(11)9(12)8-4-3-7(5)13-8/h5-9,11-12H,1-4H2/t5-,6-,7-,8+,9+/m1/s1. The summed E-state index contributed by atoms with van der Waals surface area (Å²) in [5.41, 5.74) is 0. The molecule has 2 heterocycles. The van der Waals surface area contributed by atoms with Gasteiger partial charge in [0, 0.05) is 0 Å². The second-order valence-corrected chi connectivity index (χ2v) is 4.50. The number of ether oxygens (including phenoxy) is 1. The molecular formula is C9H15ClO3. The van der Waals surface area contributed by atoms with Gasteiger partial charge >= 0.3 is 0 Å². The molecular weight excluding hydrogens is 192 g/mol. The van der Waals surface area contributed by atoms with E-state index in [1.807, 2.05) is 0 Å². The molecule has 13 heavy (non-hydrogen) atoms. The smallest absolute Gasteiger partial charge is 0.106 e. The maximum atomic E-state index is 9.64. The van der Waals surface area contributed by atoms with Gasteiger partial charge < -0.3 is 14.9 Å². The van der Waals surface area contributed by atoms with E-state index in [4.69, 9.17) is 16.3 Å². The minimum Gasteiger partial charge on any atom is -0.390 e. The number of hydrogen-bond donors (Lipinski definition) is 2. The largest absolute Gasteiger partial charge is 0.390 e. The van der Waals surface area contributed by atoms with Crippen LogP contribution in [0.25, 0.3) is 0 Å². The monoisotopic (exact) mass is 206 g/mol. The first-order chi connectivity index (χ1) is 6.18. The van der Waals surface area contributed by atoms with E-state index < -0.39 is 12.2 Å². The molecule has 2 rings (SSSR count). The second-order valence-electron chi connectivity index (χ2n) is 3.94. The quantitative estimate of drug-likeness (QED) is 0.573. The van der Waals surface area contributed by atoms with Crippen molar-refractivity contribution in [1.82, 2.24) is 0 Å². The predicted molar refractivity (Wildman–Crippen MR) is 48.8 cm³/mol. The molecule has 2 saturated heterocycles. The molecule has 2 bridgehead atoms. The molecule has 5 atom stereocenters. The van der Waals surface area contributed by atoms with E-state index in [9.17, 15) is 10.2 Å². The van der Waals surface area contributed by atoms with Crippen LogP contribution in [0.3, 0.4) is 0 Å². The van der Waals surface area contributed by atoms with E-state index in [1.165, 1.54) is 0 Å². The van der Waals surface area contributed by atoms with Crippen molar-refractivity contribution in [3.05, 3.63) is 0 Å². The highest BCUT2D eigenvalue weighted by atomic mass is 35.5. The van der Waals surface area contributed by atoms with Crippen LogP contribution in [0.4, 0.5) is 0 Å². The SMILES string of the molecule is O[C@H]1[C@H](O)CC[C@@H](Cl)[C@H]2CC[C@@H]1O2. The average molecular weight is 207 g/mol. The van der Waals surface area contributed by atoms with Crippen LogP contribution >= 0.6 is 11.6 Å². The third-order valence-electron chi connectivity index (χ3n) is 3.00. The van der Waals surface area contributed by atoms with Gasteiger partial charge in [-0.25, -0.2) is 0 Å². The van der Waals surface area contributed by atoms with Crippen LogP contribution < -0.4 is 0 Å². The Hall–Kier alpha value is 0.170. The van der Waals surface area contributed by atoms with Crippen LogP contribution in [-0.4, -0.2) is 40.0 Å². The second kappa shape index (κ2) is 3.73. The highest BCUT2D eigenvalue weighted by Crippen LogP contribution is 2.33. The lowest BCUT2D eigenvalue weighted by molar-refractivity contribution is -0.0984. The van der Waals surface area contributed by atoms with Gasteiger partial charge in [0.2, 0.25) is 0 Å². The Morgan fingerprint density at radius 1 is 1.00 bits per heavy atom. The van der Waals surface area contributed by atoms with Gasteiger partial charge in [-0.2, -0.15) is 0 Å². The van der Waals surface area contributed by atoms with E-state index in [0.29, 0.717) is 6.42 Å². The molecule has 0 amide bonds. The molecule has 2 aliphatic rings. The van der Waals surface area contributed by atoms with Gasteiger partial charge in [0.15, 0.2) is 0 Å². The summed E-state index contributed by atoms with van der Waals surface area (Å²) in [6.07, 6.45) is 1.48. The Bertz CT molecular complexity index is 188. The first kappa shape index (κ1) is 9.71. The minimum absolute atomic E-state index is 0.00727. The Balaban J connectivity index is 2.07. The van der Waals surface area contributed by atoms with Crippen molar-refractivity contribution in [3.8, 4) is 0 Å². The fourth-order valence-electron chi connectivity index (χ4n) is 2.14. The number of halogens is 1. The van der Waals surface area contributed by atoms with Crippen molar-refractivity contribution in [2.45, 2.75) is 55.5 Å².